The first-order valence-corrected chi connectivity index (χ1v) is 7.29. The number of nitrogen functional groups attached to an aromatic ring is 1. The van der Waals surface area contributed by atoms with Crippen LogP contribution in [0.15, 0.2) is 6.07 Å². The first-order valence-electron chi connectivity index (χ1n) is 7.29. The highest BCUT2D eigenvalue weighted by Crippen LogP contribution is 2.37. The molecule has 4 N–H and O–H groups in total. The Morgan fingerprint density at radius 3 is 2.73 bits per heavy atom. The summed E-state index contributed by atoms with van der Waals surface area (Å²) in [6.07, 6.45) is 1.23. The SMILES string of the molecule is Cc1cc(N2CCC3(CC2)NC(=O)CC3C(=O)O)nc(N)n1. The zero-order valence-electron chi connectivity index (χ0n) is 12.4. The third-order valence-electron chi connectivity index (χ3n) is 4.58. The molecule has 1 spiro atoms. The lowest BCUT2D eigenvalue weighted by atomic mass is 9.78. The minimum atomic E-state index is -0.908. The molecule has 0 aromatic carbocycles. The molecular weight excluding hydrogens is 286 g/mol. The highest BCUT2D eigenvalue weighted by atomic mass is 16.4. The van der Waals surface area contributed by atoms with Gasteiger partial charge in [-0.25, -0.2) is 4.98 Å². The highest BCUT2D eigenvalue weighted by molar-refractivity contribution is 5.88. The van der Waals surface area contributed by atoms with Gasteiger partial charge < -0.3 is 21.1 Å². The van der Waals surface area contributed by atoms with Crippen LogP contribution in [0.4, 0.5) is 11.8 Å². The van der Waals surface area contributed by atoms with Gasteiger partial charge in [0.05, 0.1) is 11.5 Å². The summed E-state index contributed by atoms with van der Waals surface area (Å²) in [5.74, 6) is -0.764. The van der Waals surface area contributed by atoms with Gasteiger partial charge in [-0.2, -0.15) is 4.98 Å². The fraction of sp³-hybridized carbons (Fsp3) is 0.571. The average molecular weight is 305 g/mol. The molecule has 0 aliphatic carbocycles. The standard InChI is InChI=1S/C14H19N5O3/c1-8-6-10(17-13(15)16-8)19-4-2-14(3-5-19)9(12(21)22)7-11(20)18-14/h6,9H,2-5,7H2,1H3,(H,18,20)(H,21,22)(H2,15,16,17). The van der Waals surface area contributed by atoms with E-state index in [0.717, 1.165) is 11.5 Å². The third kappa shape index (κ3) is 2.44. The molecule has 8 nitrogen and oxygen atoms in total. The average Bonchev–Trinajstić information content (AvgIpc) is 2.75. The predicted molar refractivity (Wildman–Crippen MR) is 79.2 cm³/mol. The van der Waals surface area contributed by atoms with Crippen LogP contribution in [0.2, 0.25) is 0 Å². The molecule has 2 aliphatic heterocycles. The quantitative estimate of drug-likeness (QED) is 0.699. The Morgan fingerprint density at radius 1 is 1.45 bits per heavy atom. The molecule has 8 heteroatoms. The number of hydrogen-bond donors (Lipinski definition) is 3. The summed E-state index contributed by atoms with van der Waals surface area (Å²) < 4.78 is 0. The number of aryl methyl sites for hydroxylation is 1. The second-order valence-corrected chi connectivity index (χ2v) is 6.01. The van der Waals surface area contributed by atoms with Gasteiger partial charge in [-0.15, -0.1) is 0 Å². The molecule has 0 saturated carbocycles. The molecule has 1 aromatic rings. The second-order valence-electron chi connectivity index (χ2n) is 6.01. The molecule has 2 fully saturated rings. The minimum absolute atomic E-state index is 0.0644. The molecule has 0 radical (unpaired) electrons. The molecule has 1 atom stereocenters. The van der Waals surface area contributed by atoms with Crippen molar-refractivity contribution < 1.29 is 14.7 Å². The zero-order chi connectivity index (χ0) is 15.9. The smallest absolute Gasteiger partial charge is 0.309 e. The molecule has 3 heterocycles. The van der Waals surface area contributed by atoms with Gasteiger partial charge in [0.2, 0.25) is 11.9 Å². The van der Waals surface area contributed by atoms with Gasteiger partial charge in [0.15, 0.2) is 0 Å². The molecule has 0 bridgehead atoms. The number of nitrogens with two attached hydrogens (primary N) is 1. The van der Waals surface area contributed by atoms with Crippen LogP contribution >= 0.6 is 0 Å². The maximum atomic E-state index is 11.6. The normalized spacial score (nSPS) is 23.6. The van der Waals surface area contributed by atoms with E-state index in [2.05, 4.69) is 20.2 Å². The topological polar surface area (TPSA) is 121 Å². The summed E-state index contributed by atoms with van der Waals surface area (Å²) in [7, 11) is 0. The maximum Gasteiger partial charge on any atom is 0.309 e. The molecule has 1 unspecified atom stereocenters. The first kappa shape index (κ1) is 14.6. The number of aliphatic carboxylic acids is 1. The van der Waals surface area contributed by atoms with E-state index in [9.17, 15) is 14.7 Å². The number of hydrogen-bond acceptors (Lipinski definition) is 6. The molecule has 2 saturated heterocycles. The van der Waals surface area contributed by atoms with E-state index in [1.807, 2.05) is 13.0 Å². The van der Waals surface area contributed by atoms with Crippen LogP contribution in [-0.2, 0) is 9.59 Å². The lowest BCUT2D eigenvalue weighted by molar-refractivity contribution is -0.144. The molecule has 2 aliphatic rings. The van der Waals surface area contributed by atoms with Gasteiger partial charge in [0.1, 0.15) is 5.82 Å². The van der Waals surface area contributed by atoms with Crippen molar-refractivity contribution in [3.63, 3.8) is 0 Å². The van der Waals surface area contributed by atoms with Crippen LogP contribution < -0.4 is 16.0 Å². The number of aromatic nitrogens is 2. The van der Waals surface area contributed by atoms with E-state index >= 15 is 0 Å². The Bertz CT molecular complexity index is 605. The fourth-order valence-corrected chi connectivity index (χ4v) is 3.46. The van der Waals surface area contributed by atoms with E-state index < -0.39 is 17.4 Å². The number of carbonyl (C=O) groups is 2. The van der Waals surface area contributed by atoms with E-state index in [1.165, 1.54) is 0 Å². The van der Waals surface area contributed by atoms with Crippen LogP contribution in [0.3, 0.4) is 0 Å². The number of rotatable bonds is 2. The second kappa shape index (κ2) is 5.11. The molecule has 118 valence electrons. The third-order valence-corrected chi connectivity index (χ3v) is 4.58. The number of nitrogens with zero attached hydrogens (tertiary/aromatic N) is 3. The van der Waals surface area contributed by atoms with Gasteiger partial charge in [0, 0.05) is 31.3 Å². The molecular formula is C14H19N5O3. The molecule has 1 amide bonds. The number of carboxylic acids is 1. The summed E-state index contributed by atoms with van der Waals surface area (Å²) in [6.45, 7) is 3.10. The van der Waals surface area contributed by atoms with Crippen molar-refractivity contribution in [2.24, 2.45) is 5.92 Å². The zero-order valence-corrected chi connectivity index (χ0v) is 12.4. The Hall–Kier alpha value is -2.38. The number of nitrogens with one attached hydrogen (secondary N) is 1. The van der Waals surface area contributed by atoms with Crippen molar-refractivity contribution >= 4 is 23.6 Å². The monoisotopic (exact) mass is 305 g/mol. The van der Waals surface area contributed by atoms with Crippen molar-refractivity contribution in [3.05, 3.63) is 11.8 Å². The van der Waals surface area contributed by atoms with Crippen LogP contribution in [0.25, 0.3) is 0 Å². The van der Waals surface area contributed by atoms with Crippen molar-refractivity contribution in [1.82, 2.24) is 15.3 Å². The van der Waals surface area contributed by atoms with Gasteiger partial charge >= 0.3 is 5.97 Å². The van der Waals surface area contributed by atoms with E-state index in [-0.39, 0.29) is 18.3 Å². The lowest BCUT2D eigenvalue weighted by Crippen LogP contribution is -2.55. The van der Waals surface area contributed by atoms with Crippen molar-refractivity contribution in [1.29, 1.82) is 0 Å². The van der Waals surface area contributed by atoms with Crippen LogP contribution in [-0.4, -0.2) is 45.6 Å². The molecule has 22 heavy (non-hydrogen) atoms. The molecule has 1 aromatic heterocycles. The largest absolute Gasteiger partial charge is 0.481 e. The molecule has 3 rings (SSSR count). The first-order chi connectivity index (χ1) is 10.4. The predicted octanol–water partition coefficient (Wildman–Crippen LogP) is -0.0731. The highest BCUT2D eigenvalue weighted by Gasteiger charge is 2.51. The van der Waals surface area contributed by atoms with Gasteiger partial charge in [-0.05, 0) is 19.8 Å². The Balaban J connectivity index is 1.77. The maximum absolute atomic E-state index is 11.6. The Kier molecular flexibility index (Phi) is 3.38. The van der Waals surface area contributed by atoms with Crippen molar-refractivity contribution in [2.45, 2.75) is 31.7 Å². The van der Waals surface area contributed by atoms with E-state index in [1.54, 1.807) is 0 Å². The van der Waals surface area contributed by atoms with E-state index in [4.69, 9.17) is 5.73 Å². The number of anilines is 2. The number of carboxylic acid groups (broad SMARTS) is 1. The summed E-state index contributed by atoms with van der Waals surface area (Å²) in [6, 6.07) is 1.86. The minimum Gasteiger partial charge on any atom is -0.481 e. The number of carbonyl (C=O) groups excluding carboxylic acids is 1. The number of amides is 1. The summed E-state index contributed by atoms with van der Waals surface area (Å²) in [4.78, 5) is 33.4. The summed E-state index contributed by atoms with van der Waals surface area (Å²) in [5, 5.41) is 12.3. The van der Waals surface area contributed by atoms with E-state index in [0.29, 0.717) is 25.9 Å². The number of piperidine rings is 1. The Labute approximate surface area is 127 Å². The van der Waals surface area contributed by atoms with Gasteiger partial charge in [-0.3, -0.25) is 9.59 Å². The summed E-state index contributed by atoms with van der Waals surface area (Å²) in [5.41, 5.74) is 5.84. The summed E-state index contributed by atoms with van der Waals surface area (Å²) >= 11 is 0. The van der Waals surface area contributed by atoms with Crippen molar-refractivity contribution in [2.75, 3.05) is 23.7 Å². The fourth-order valence-electron chi connectivity index (χ4n) is 3.46. The van der Waals surface area contributed by atoms with Gasteiger partial charge in [0.25, 0.3) is 0 Å². The Morgan fingerprint density at radius 2 is 2.14 bits per heavy atom. The lowest BCUT2D eigenvalue weighted by Gasteiger charge is -2.41. The van der Waals surface area contributed by atoms with Crippen LogP contribution in [0.5, 0.6) is 0 Å². The van der Waals surface area contributed by atoms with Crippen molar-refractivity contribution in [3.8, 4) is 0 Å². The van der Waals surface area contributed by atoms with Gasteiger partial charge in [-0.1, -0.05) is 0 Å². The van der Waals surface area contributed by atoms with Crippen LogP contribution in [0, 0.1) is 12.8 Å². The van der Waals surface area contributed by atoms with Crippen LogP contribution in [0.1, 0.15) is 25.0 Å².